The highest BCUT2D eigenvalue weighted by Crippen LogP contribution is 2.28. The Morgan fingerprint density at radius 2 is 1.96 bits per heavy atom. The quantitative estimate of drug-likeness (QED) is 0.595. The summed E-state index contributed by atoms with van der Waals surface area (Å²) in [5.74, 6) is 1.27. The van der Waals surface area contributed by atoms with E-state index in [9.17, 15) is 0 Å². The zero-order valence-corrected chi connectivity index (χ0v) is 15.9. The van der Waals surface area contributed by atoms with Gasteiger partial charge in [0.05, 0.1) is 30.3 Å². The summed E-state index contributed by atoms with van der Waals surface area (Å²) in [4.78, 5) is 5.93. The van der Waals surface area contributed by atoms with Gasteiger partial charge >= 0.3 is 0 Å². The minimum absolute atomic E-state index is 0.154. The van der Waals surface area contributed by atoms with Gasteiger partial charge in [-0.2, -0.15) is 0 Å². The van der Waals surface area contributed by atoms with Crippen molar-refractivity contribution in [1.82, 2.24) is 4.57 Å². The molecule has 0 aliphatic heterocycles. The van der Waals surface area contributed by atoms with Gasteiger partial charge in [-0.3, -0.25) is 0 Å². The van der Waals surface area contributed by atoms with Crippen LogP contribution in [-0.2, 0) is 4.74 Å². The minimum Gasteiger partial charge on any atom is -0.463 e. The van der Waals surface area contributed by atoms with Crippen LogP contribution in [0, 0.1) is 0 Å². The summed E-state index contributed by atoms with van der Waals surface area (Å²) in [6.45, 7) is 7.14. The molecule has 1 unspecified atom stereocenters. The van der Waals surface area contributed by atoms with Gasteiger partial charge in [-0.15, -0.1) is 11.3 Å². The first-order valence-electron chi connectivity index (χ1n) is 8.48. The second kappa shape index (κ2) is 7.85. The summed E-state index contributed by atoms with van der Waals surface area (Å²) in [6.07, 6.45) is 1.70. The zero-order valence-electron chi connectivity index (χ0n) is 15.1. The number of para-hydroxylation sites is 1. The number of benzene rings is 1. The van der Waals surface area contributed by atoms with E-state index in [4.69, 9.17) is 14.1 Å². The standard InChI is InChI=1S/C20H24N2O2S/c1-14(2)16-8-5-6-9-17(16)21-20-22(15(3)12-23-4)18(13-25-20)19-10-7-11-24-19/h5-11,13-15H,12H2,1-4H3. The van der Waals surface area contributed by atoms with Gasteiger partial charge in [-0.25, -0.2) is 4.99 Å². The van der Waals surface area contributed by atoms with E-state index in [0.29, 0.717) is 12.5 Å². The van der Waals surface area contributed by atoms with E-state index in [2.05, 4.69) is 48.9 Å². The maximum atomic E-state index is 5.62. The molecule has 0 fully saturated rings. The van der Waals surface area contributed by atoms with Crippen LogP contribution in [0.1, 0.15) is 38.3 Å². The van der Waals surface area contributed by atoms with Crippen LogP contribution in [0.3, 0.4) is 0 Å². The van der Waals surface area contributed by atoms with Crippen molar-refractivity contribution in [2.75, 3.05) is 13.7 Å². The van der Waals surface area contributed by atoms with E-state index >= 15 is 0 Å². The molecule has 3 rings (SSSR count). The fraction of sp³-hybridized carbons (Fsp3) is 0.350. The van der Waals surface area contributed by atoms with Crippen molar-refractivity contribution in [2.24, 2.45) is 4.99 Å². The third-order valence-electron chi connectivity index (χ3n) is 4.14. The summed E-state index contributed by atoms with van der Waals surface area (Å²) in [5, 5.41) is 2.10. The van der Waals surface area contributed by atoms with E-state index in [0.717, 1.165) is 21.9 Å². The molecule has 5 heteroatoms. The number of nitrogens with zero attached hydrogens (tertiary/aromatic N) is 2. The Hall–Kier alpha value is -2.11. The Morgan fingerprint density at radius 1 is 1.16 bits per heavy atom. The molecule has 132 valence electrons. The lowest BCUT2D eigenvalue weighted by molar-refractivity contribution is 0.161. The highest BCUT2D eigenvalue weighted by atomic mass is 32.1. The van der Waals surface area contributed by atoms with Gasteiger partial charge < -0.3 is 13.7 Å². The third-order valence-corrected chi connectivity index (χ3v) is 4.98. The summed E-state index contributed by atoms with van der Waals surface area (Å²) in [7, 11) is 1.72. The number of aromatic nitrogens is 1. The van der Waals surface area contributed by atoms with E-state index in [1.807, 2.05) is 18.2 Å². The summed E-state index contributed by atoms with van der Waals surface area (Å²) in [5.41, 5.74) is 3.30. The Bertz CT molecular complexity index is 875. The second-order valence-electron chi connectivity index (χ2n) is 6.38. The first-order chi connectivity index (χ1) is 12.1. The lowest BCUT2D eigenvalue weighted by Crippen LogP contribution is -2.23. The molecule has 0 N–H and O–H groups in total. The van der Waals surface area contributed by atoms with Gasteiger partial charge in [0.2, 0.25) is 0 Å². The number of furan rings is 1. The van der Waals surface area contributed by atoms with E-state index in [1.165, 1.54) is 5.56 Å². The fourth-order valence-corrected chi connectivity index (χ4v) is 3.92. The van der Waals surface area contributed by atoms with Gasteiger partial charge in [-0.1, -0.05) is 32.0 Å². The van der Waals surface area contributed by atoms with Gasteiger partial charge in [0.1, 0.15) is 0 Å². The Kier molecular flexibility index (Phi) is 5.56. The van der Waals surface area contributed by atoms with E-state index < -0.39 is 0 Å². The molecule has 0 bridgehead atoms. The van der Waals surface area contributed by atoms with Crippen LogP contribution in [0.4, 0.5) is 5.69 Å². The second-order valence-corrected chi connectivity index (χ2v) is 7.22. The van der Waals surface area contributed by atoms with Crippen LogP contribution in [0.2, 0.25) is 0 Å². The predicted molar refractivity (Wildman–Crippen MR) is 102 cm³/mol. The van der Waals surface area contributed by atoms with Crippen molar-refractivity contribution < 1.29 is 9.15 Å². The van der Waals surface area contributed by atoms with E-state index in [1.54, 1.807) is 24.7 Å². The van der Waals surface area contributed by atoms with Crippen LogP contribution < -0.4 is 4.80 Å². The largest absolute Gasteiger partial charge is 0.463 e. The molecule has 0 amide bonds. The SMILES string of the molecule is COCC(C)n1c(-c2ccco2)csc1=Nc1ccccc1C(C)C. The molecule has 0 aliphatic rings. The van der Waals surface area contributed by atoms with Gasteiger partial charge in [0.25, 0.3) is 0 Å². The normalized spacial score (nSPS) is 13.6. The average molecular weight is 356 g/mol. The fourth-order valence-electron chi connectivity index (χ4n) is 2.93. The first-order valence-corrected chi connectivity index (χ1v) is 9.36. The molecule has 4 nitrogen and oxygen atoms in total. The molecular formula is C20H24N2O2S. The van der Waals surface area contributed by atoms with Gasteiger partial charge in [0.15, 0.2) is 10.6 Å². The molecule has 0 saturated heterocycles. The zero-order chi connectivity index (χ0) is 17.8. The molecular weight excluding hydrogens is 332 g/mol. The number of hydrogen-bond donors (Lipinski definition) is 0. The minimum atomic E-state index is 0.154. The van der Waals surface area contributed by atoms with Crippen molar-refractivity contribution in [3.8, 4) is 11.5 Å². The maximum absolute atomic E-state index is 5.62. The molecule has 0 spiro atoms. The van der Waals surface area contributed by atoms with Crippen molar-refractivity contribution in [3.05, 3.63) is 58.4 Å². The van der Waals surface area contributed by atoms with Crippen molar-refractivity contribution in [3.63, 3.8) is 0 Å². The molecule has 2 heterocycles. The van der Waals surface area contributed by atoms with Crippen LogP contribution in [0.15, 0.2) is 57.5 Å². The Morgan fingerprint density at radius 3 is 2.64 bits per heavy atom. The summed E-state index contributed by atoms with van der Waals surface area (Å²) < 4.78 is 13.2. The number of thiazole rings is 1. The average Bonchev–Trinajstić information content (AvgIpc) is 3.24. The number of methoxy groups -OCH3 is 1. The van der Waals surface area contributed by atoms with E-state index in [-0.39, 0.29) is 6.04 Å². The Labute approximate surface area is 152 Å². The number of hydrogen-bond acceptors (Lipinski definition) is 4. The summed E-state index contributed by atoms with van der Waals surface area (Å²) in [6, 6.07) is 12.4. The number of rotatable bonds is 6. The third kappa shape index (κ3) is 3.78. The molecule has 0 radical (unpaired) electrons. The molecule has 25 heavy (non-hydrogen) atoms. The topological polar surface area (TPSA) is 39.7 Å². The lowest BCUT2D eigenvalue weighted by Gasteiger charge is -2.16. The molecule has 1 aromatic carbocycles. The molecule has 1 atom stereocenters. The lowest BCUT2D eigenvalue weighted by atomic mass is 10.0. The smallest absolute Gasteiger partial charge is 0.190 e. The molecule has 3 aromatic rings. The van der Waals surface area contributed by atoms with Gasteiger partial charge in [0, 0.05) is 12.5 Å². The monoisotopic (exact) mass is 356 g/mol. The van der Waals surface area contributed by atoms with Crippen molar-refractivity contribution in [1.29, 1.82) is 0 Å². The summed E-state index contributed by atoms with van der Waals surface area (Å²) >= 11 is 1.62. The van der Waals surface area contributed by atoms with Crippen molar-refractivity contribution in [2.45, 2.75) is 32.7 Å². The van der Waals surface area contributed by atoms with Crippen LogP contribution >= 0.6 is 11.3 Å². The predicted octanol–water partition coefficient (Wildman–Crippen LogP) is 5.37. The maximum Gasteiger partial charge on any atom is 0.190 e. The first kappa shape index (κ1) is 17.7. The molecule has 0 saturated carbocycles. The van der Waals surface area contributed by atoms with Crippen LogP contribution in [0.25, 0.3) is 11.5 Å². The molecule has 2 aromatic heterocycles. The molecule has 0 aliphatic carbocycles. The highest BCUT2D eigenvalue weighted by Gasteiger charge is 2.16. The highest BCUT2D eigenvalue weighted by molar-refractivity contribution is 7.07. The number of ether oxygens (including phenoxy) is 1. The van der Waals surface area contributed by atoms with Crippen LogP contribution in [0.5, 0.6) is 0 Å². The van der Waals surface area contributed by atoms with Gasteiger partial charge in [-0.05, 0) is 36.6 Å². The Balaban J connectivity index is 2.17. The van der Waals surface area contributed by atoms with Crippen LogP contribution in [-0.4, -0.2) is 18.3 Å². The van der Waals surface area contributed by atoms with Crippen molar-refractivity contribution >= 4 is 17.0 Å².